The second kappa shape index (κ2) is 6.69. The van der Waals surface area contributed by atoms with Crippen molar-refractivity contribution < 1.29 is 18.0 Å². The highest BCUT2D eigenvalue weighted by Gasteiger charge is 2.38. The monoisotopic (exact) mass is 386 g/mol. The maximum absolute atomic E-state index is 14.0. The summed E-state index contributed by atoms with van der Waals surface area (Å²) < 4.78 is 42.1. The Morgan fingerprint density at radius 2 is 1.76 bits per heavy atom. The number of hydrogen-bond donors (Lipinski definition) is 0. The van der Waals surface area contributed by atoms with Gasteiger partial charge in [0.2, 0.25) is 0 Å². The lowest BCUT2D eigenvalue weighted by Crippen LogP contribution is -2.22. The number of carbonyl (C=O) groups excluding carboxylic acids is 1. The Hall–Kier alpha value is -2.05. The lowest BCUT2D eigenvalue weighted by atomic mass is 10.1. The van der Waals surface area contributed by atoms with Crippen molar-refractivity contribution in [2.75, 3.05) is 6.67 Å². The van der Waals surface area contributed by atoms with Gasteiger partial charge in [0, 0.05) is 12.1 Å². The normalized spacial score (nSPS) is 11.9. The summed E-state index contributed by atoms with van der Waals surface area (Å²) in [4.78, 5) is 14.6. The molecular formula is C17H11Cl2F3N2O. The number of halogens is 5. The van der Waals surface area contributed by atoms with Crippen LogP contribution >= 0.6 is 23.2 Å². The van der Waals surface area contributed by atoms with Gasteiger partial charge in [-0.05, 0) is 17.7 Å². The molecule has 0 aliphatic rings. The molecule has 0 fully saturated rings. The lowest BCUT2D eigenvalue weighted by Gasteiger charge is -2.15. The quantitative estimate of drug-likeness (QED) is 0.560. The predicted octanol–water partition coefficient (Wildman–Crippen LogP) is 5.27. The Kier molecular flexibility index (Phi) is 4.75. The highest BCUT2D eigenvalue weighted by Crippen LogP contribution is 2.34. The lowest BCUT2D eigenvalue weighted by molar-refractivity contribution is -0.0388. The van der Waals surface area contributed by atoms with Gasteiger partial charge in [-0.15, -0.1) is 0 Å². The van der Waals surface area contributed by atoms with Crippen molar-refractivity contribution in [3.63, 3.8) is 0 Å². The molecule has 0 amide bonds. The average molecular weight is 387 g/mol. The largest absolute Gasteiger partial charge is 0.332 e. The van der Waals surface area contributed by atoms with Gasteiger partial charge in [-0.3, -0.25) is 4.79 Å². The molecule has 1 aromatic heterocycles. The summed E-state index contributed by atoms with van der Waals surface area (Å²) in [5.74, 6) is -4.46. The molecule has 1 heterocycles. The zero-order chi connectivity index (χ0) is 18.2. The van der Waals surface area contributed by atoms with E-state index in [2.05, 4.69) is 4.98 Å². The SMILES string of the molecule is O=Cc1ccc(Cn2c(C(F)(F)CF)nc3cc(Cl)c(Cl)cc32)cc1. The molecule has 3 nitrogen and oxygen atoms in total. The number of hydrogen-bond acceptors (Lipinski definition) is 2. The van der Waals surface area contributed by atoms with Crippen LogP contribution in [0.15, 0.2) is 36.4 Å². The van der Waals surface area contributed by atoms with Crippen LogP contribution < -0.4 is 0 Å². The Morgan fingerprint density at radius 1 is 1.12 bits per heavy atom. The molecule has 0 radical (unpaired) electrons. The van der Waals surface area contributed by atoms with Crippen LogP contribution in [0, 0.1) is 0 Å². The summed E-state index contributed by atoms with van der Waals surface area (Å²) in [5.41, 5.74) is 1.62. The van der Waals surface area contributed by atoms with E-state index >= 15 is 0 Å². The molecule has 0 saturated heterocycles. The molecule has 2 aromatic carbocycles. The van der Waals surface area contributed by atoms with Crippen LogP contribution in [0.5, 0.6) is 0 Å². The fourth-order valence-corrected chi connectivity index (χ4v) is 2.82. The molecule has 0 spiro atoms. The van der Waals surface area contributed by atoms with Crippen molar-refractivity contribution in [3.8, 4) is 0 Å². The molecule has 0 bridgehead atoms. The van der Waals surface area contributed by atoms with Crippen LogP contribution in [0.3, 0.4) is 0 Å². The highest BCUT2D eigenvalue weighted by atomic mass is 35.5. The number of benzene rings is 2. The number of fused-ring (bicyclic) bond motifs is 1. The minimum absolute atomic E-state index is 0.0124. The van der Waals surface area contributed by atoms with E-state index in [0.29, 0.717) is 22.9 Å². The first kappa shape index (κ1) is 17.8. The molecule has 25 heavy (non-hydrogen) atoms. The van der Waals surface area contributed by atoms with Gasteiger partial charge in [0.1, 0.15) is 6.29 Å². The van der Waals surface area contributed by atoms with Gasteiger partial charge in [0.05, 0.1) is 21.1 Å². The van der Waals surface area contributed by atoms with Gasteiger partial charge >= 0.3 is 5.92 Å². The zero-order valence-corrected chi connectivity index (χ0v) is 14.2. The first-order valence-corrected chi connectivity index (χ1v) is 7.95. The maximum Gasteiger partial charge on any atom is 0.332 e. The van der Waals surface area contributed by atoms with Gasteiger partial charge in [-0.2, -0.15) is 8.78 Å². The van der Waals surface area contributed by atoms with Crippen molar-refractivity contribution in [2.24, 2.45) is 0 Å². The van der Waals surface area contributed by atoms with Crippen molar-refractivity contribution in [2.45, 2.75) is 12.5 Å². The topological polar surface area (TPSA) is 34.9 Å². The number of carbonyl (C=O) groups is 1. The molecule has 3 aromatic rings. The third-order valence-corrected chi connectivity index (χ3v) is 4.46. The molecule has 0 unspecified atom stereocenters. The van der Waals surface area contributed by atoms with E-state index in [0.717, 1.165) is 0 Å². The van der Waals surface area contributed by atoms with Crippen molar-refractivity contribution in [3.05, 3.63) is 63.4 Å². The Labute approximate surface area is 151 Å². The van der Waals surface area contributed by atoms with Gasteiger partial charge in [0.25, 0.3) is 0 Å². The summed E-state index contributed by atoms with van der Waals surface area (Å²) in [6.07, 6.45) is 0.681. The van der Waals surface area contributed by atoms with E-state index in [9.17, 15) is 18.0 Å². The Morgan fingerprint density at radius 3 is 2.36 bits per heavy atom. The number of aromatic nitrogens is 2. The number of alkyl halides is 3. The van der Waals surface area contributed by atoms with Crippen LogP contribution in [0.4, 0.5) is 13.2 Å². The second-order valence-corrected chi connectivity index (χ2v) is 6.29. The Balaban J connectivity index is 2.17. The standard InChI is InChI=1S/C17H11Cl2F3N2O/c18-12-5-14-15(6-13(12)19)24(16(23-14)17(21,22)9-20)7-10-1-3-11(8-25)4-2-10/h1-6,8H,7,9H2. The molecule has 0 atom stereocenters. The van der Waals surface area contributed by atoms with E-state index in [1.807, 2.05) is 0 Å². The van der Waals surface area contributed by atoms with Crippen LogP contribution in [0.1, 0.15) is 21.7 Å². The number of nitrogens with zero attached hydrogens (tertiary/aromatic N) is 2. The molecule has 0 aliphatic carbocycles. The predicted molar refractivity (Wildman–Crippen MR) is 90.6 cm³/mol. The molecule has 8 heteroatoms. The highest BCUT2D eigenvalue weighted by molar-refractivity contribution is 6.42. The van der Waals surface area contributed by atoms with Crippen LogP contribution in [-0.2, 0) is 12.5 Å². The Bertz CT molecular complexity index is 939. The average Bonchev–Trinajstić information content (AvgIpc) is 2.94. The summed E-state index contributed by atoms with van der Waals surface area (Å²) in [7, 11) is 0. The van der Waals surface area contributed by atoms with Gasteiger partial charge < -0.3 is 4.57 Å². The third kappa shape index (κ3) is 3.37. The zero-order valence-electron chi connectivity index (χ0n) is 12.6. The first-order chi connectivity index (χ1) is 11.9. The van der Waals surface area contributed by atoms with E-state index in [1.165, 1.54) is 16.7 Å². The minimum Gasteiger partial charge on any atom is -0.318 e. The summed E-state index contributed by atoms with van der Waals surface area (Å²) >= 11 is 11.9. The number of imidazole rings is 1. The van der Waals surface area contributed by atoms with Crippen molar-refractivity contribution in [1.82, 2.24) is 9.55 Å². The van der Waals surface area contributed by atoms with E-state index in [1.54, 1.807) is 24.3 Å². The molecule has 130 valence electrons. The van der Waals surface area contributed by atoms with E-state index < -0.39 is 18.4 Å². The summed E-state index contributed by atoms with van der Waals surface area (Å²) in [6.45, 7) is -1.86. The van der Waals surface area contributed by atoms with Crippen LogP contribution in [0.25, 0.3) is 11.0 Å². The van der Waals surface area contributed by atoms with E-state index in [-0.39, 0.29) is 22.1 Å². The minimum atomic E-state index is -3.75. The molecule has 0 aliphatic heterocycles. The van der Waals surface area contributed by atoms with Gasteiger partial charge in [-0.25, -0.2) is 9.37 Å². The van der Waals surface area contributed by atoms with Gasteiger partial charge in [-0.1, -0.05) is 47.5 Å². The third-order valence-electron chi connectivity index (χ3n) is 3.74. The number of rotatable bonds is 5. The second-order valence-electron chi connectivity index (χ2n) is 5.47. The van der Waals surface area contributed by atoms with E-state index in [4.69, 9.17) is 23.2 Å². The van der Waals surface area contributed by atoms with Crippen molar-refractivity contribution >= 4 is 40.5 Å². The maximum atomic E-state index is 14.0. The fourth-order valence-electron chi connectivity index (χ4n) is 2.50. The summed E-state index contributed by atoms with van der Waals surface area (Å²) in [5, 5.41) is 0.353. The first-order valence-electron chi connectivity index (χ1n) is 7.19. The van der Waals surface area contributed by atoms with Crippen LogP contribution in [0.2, 0.25) is 10.0 Å². The molecule has 3 rings (SSSR count). The molecule has 0 saturated carbocycles. The fraction of sp³-hybridized carbons (Fsp3) is 0.176. The summed E-state index contributed by atoms with van der Waals surface area (Å²) in [6, 6.07) is 9.18. The van der Waals surface area contributed by atoms with Crippen molar-refractivity contribution in [1.29, 1.82) is 0 Å². The number of aldehydes is 1. The van der Waals surface area contributed by atoms with Gasteiger partial charge in [0.15, 0.2) is 12.5 Å². The van der Waals surface area contributed by atoms with Crippen LogP contribution in [-0.4, -0.2) is 22.5 Å². The molecule has 0 N–H and O–H groups in total. The molecular weight excluding hydrogens is 376 g/mol. The smallest absolute Gasteiger partial charge is 0.318 e.